The minimum atomic E-state index is 0.0911. The second-order valence-corrected chi connectivity index (χ2v) is 5.45. The van der Waals surface area contributed by atoms with Crippen LogP contribution in [0.15, 0.2) is 59.5 Å². The molecule has 0 fully saturated rings. The third-order valence-electron chi connectivity index (χ3n) is 2.83. The van der Waals surface area contributed by atoms with E-state index in [2.05, 4.69) is 36.4 Å². The Morgan fingerprint density at radius 3 is 2.37 bits per heavy atom. The highest BCUT2D eigenvalue weighted by Gasteiger charge is 1.99. The fourth-order valence-corrected chi connectivity index (χ4v) is 2.34. The molecule has 100 valence electrons. The maximum Gasteiger partial charge on any atom is 0.0971 e. The quantitative estimate of drug-likeness (QED) is 0.491. The van der Waals surface area contributed by atoms with Crippen molar-refractivity contribution >= 4 is 11.8 Å². The first kappa shape index (κ1) is 14.1. The summed E-state index contributed by atoms with van der Waals surface area (Å²) in [5, 5.41) is 0. The smallest absolute Gasteiger partial charge is 0.0971 e. The summed E-state index contributed by atoms with van der Waals surface area (Å²) in [6.07, 6.45) is 0. The molecule has 0 amide bonds. The normalized spacial score (nSPS) is 12.3. The Balaban J connectivity index is 1.74. The largest absolute Gasteiger partial charge is 0.366 e. The van der Waals surface area contributed by atoms with Crippen molar-refractivity contribution in [3.05, 3.63) is 65.7 Å². The summed E-state index contributed by atoms with van der Waals surface area (Å²) in [5.41, 5.74) is 8.18. The van der Waals surface area contributed by atoms with Crippen LogP contribution in [0.3, 0.4) is 0 Å². The zero-order chi connectivity index (χ0) is 13.5. The molecule has 2 N–H and O–H groups in total. The highest BCUT2D eigenvalue weighted by atomic mass is 32.2. The predicted molar refractivity (Wildman–Crippen MR) is 81.0 cm³/mol. The maximum atomic E-state index is 5.82. The summed E-state index contributed by atoms with van der Waals surface area (Å²) in [6, 6.07) is 18.6. The first-order chi connectivity index (χ1) is 9.25. The topological polar surface area (TPSA) is 35.2 Å². The molecule has 2 rings (SSSR count). The molecule has 0 radical (unpaired) electrons. The van der Waals surface area contributed by atoms with E-state index in [4.69, 9.17) is 10.5 Å². The molecule has 2 nitrogen and oxygen atoms in total. The fraction of sp³-hybridized carbons (Fsp3) is 0.250. The van der Waals surface area contributed by atoms with Crippen molar-refractivity contribution in [1.82, 2.24) is 0 Å². The van der Waals surface area contributed by atoms with E-state index in [0.29, 0.717) is 12.5 Å². The summed E-state index contributed by atoms with van der Waals surface area (Å²) < 4.78 is 5.64. The van der Waals surface area contributed by atoms with Crippen molar-refractivity contribution in [2.24, 2.45) is 5.73 Å². The van der Waals surface area contributed by atoms with Gasteiger partial charge in [-0.3, -0.25) is 0 Å². The number of thioether (sulfide) groups is 1. The SMILES string of the molecule is CC(N)c1ccc(SCOCc2ccccc2)cc1. The summed E-state index contributed by atoms with van der Waals surface area (Å²) in [6.45, 7) is 2.65. The lowest BCUT2D eigenvalue weighted by Gasteiger charge is -2.07. The second-order valence-electron chi connectivity index (χ2n) is 4.45. The molecule has 19 heavy (non-hydrogen) atoms. The van der Waals surface area contributed by atoms with Crippen LogP contribution in [-0.4, -0.2) is 5.94 Å². The van der Waals surface area contributed by atoms with Crippen molar-refractivity contribution in [3.63, 3.8) is 0 Å². The molecule has 0 saturated heterocycles. The zero-order valence-corrected chi connectivity index (χ0v) is 11.9. The first-order valence-corrected chi connectivity index (χ1v) is 7.34. The minimum absolute atomic E-state index is 0.0911. The van der Waals surface area contributed by atoms with Gasteiger partial charge in [0.1, 0.15) is 0 Å². The molecule has 0 aromatic heterocycles. The first-order valence-electron chi connectivity index (χ1n) is 6.36. The molecule has 0 bridgehead atoms. The van der Waals surface area contributed by atoms with Gasteiger partial charge in [-0.2, -0.15) is 0 Å². The zero-order valence-electron chi connectivity index (χ0n) is 11.1. The van der Waals surface area contributed by atoms with Crippen molar-refractivity contribution < 1.29 is 4.74 Å². The molecule has 0 saturated carbocycles. The molecule has 1 atom stereocenters. The van der Waals surface area contributed by atoms with Gasteiger partial charge in [0.25, 0.3) is 0 Å². The van der Waals surface area contributed by atoms with Crippen LogP contribution in [0.2, 0.25) is 0 Å². The van der Waals surface area contributed by atoms with Crippen LogP contribution in [0, 0.1) is 0 Å². The standard InChI is InChI=1S/C16H19NOS/c1-13(17)15-7-9-16(10-8-15)19-12-18-11-14-5-3-2-4-6-14/h2-10,13H,11-12,17H2,1H3. The molecule has 3 heteroatoms. The number of hydrogen-bond acceptors (Lipinski definition) is 3. The Morgan fingerprint density at radius 2 is 1.74 bits per heavy atom. The number of ether oxygens (including phenoxy) is 1. The van der Waals surface area contributed by atoms with Gasteiger partial charge in [0.05, 0.1) is 12.5 Å². The lowest BCUT2D eigenvalue weighted by Crippen LogP contribution is -2.04. The number of nitrogens with two attached hydrogens (primary N) is 1. The van der Waals surface area contributed by atoms with Crippen LogP contribution >= 0.6 is 11.8 Å². The molecule has 0 heterocycles. The number of benzene rings is 2. The van der Waals surface area contributed by atoms with Gasteiger partial charge in [0, 0.05) is 10.9 Å². The van der Waals surface area contributed by atoms with Crippen molar-refractivity contribution in [2.45, 2.75) is 24.5 Å². The van der Waals surface area contributed by atoms with Crippen LogP contribution < -0.4 is 5.73 Å². The van der Waals surface area contributed by atoms with Crippen molar-refractivity contribution in [3.8, 4) is 0 Å². The van der Waals surface area contributed by atoms with Gasteiger partial charge in [-0.05, 0) is 30.2 Å². The molecule has 2 aromatic rings. The van der Waals surface area contributed by atoms with Gasteiger partial charge in [-0.15, -0.1) is 0 Å². The van der Waals surface area contributed by atoms with E-state index in [0.717, 1.165) is 5.56 Å². The fourth-order valence-electron chi connectivity index (χ4n) is 1.71. The second kappa shape index (κ2) is 7.34. The number of rotatable bonds is 6. The van der Waals surface area contributed by atoms with Crippen LogP contribution in [0.4, 0.5) is 0 Å². The van der Waals surface area contributed by atoms with Gasteiger partial charge in [0.15, 0.2) is 0 Å². The third kappa shape index (κ3) is 4.71. The van der Waals surface area contributed by atoms with Crippen LogP contribution in [0.1, 0.15) is 24.1 Å². The van der Waals surface area contributed by atoms with Crippen molar-refractivity contribution in [1.29, 1.82) is 0 Å². The van der Waals surface area contributed by atoms with Gasteiger partial charge in [0.2, 0.25) is 0 Å². The molecule has 0 aliphatic carbocycles. The summed E-state index contributed by atoms with van der Waals surface area (Å²) in [7, 11) is 0. The van der Waals surface area contributed by atoms with E-state index in [-0.39, 0.29) is 6.04 Å². The maximum absolute atomic E-state index is 5.82. The van der Waals surface area contributed by atoms with Crippen molar-refractivity contribution in [2.75, 3.05) is 5.94 Å². The average Bonchev–Trinajstić information content (AvgIpc) is 2.45. The van der Waals surface area contributed by atoms with E-state index in [9.17, 15) is 0 Å². The highest BCUT2D eigenvalue weighted by molar-refractivity contribution is 7.99. The van der Waals surface area contributed by atoms with Crippen LogP contribution in [0.5, 0.6) is 0 Å². The molecule has 0 spiro atoms. The van der Waals surface area contributed by atoms with E-state index in [1.54, 1.807) is 11.8 Å². The van der Waals surface area contributed by atoms with Crippen LogP contribution in [-0.2, 0) is 11.3 Å². The third-order valence-corrected chi connectivity index (χ3v) is 3.72. The molecular weight excluding hydrogens is 254 g/mol. The molecular formula is C16H19NOS. The molecule has 1 unspecified atom stereocenters. The van der Waals surface area contributed by atoms with E-state index in [1.165, 1.54) is 10.5 Å². The Kier molecular flexibility index (Phi) is 5.45. The minimum Gasteiger partial charge on any atom is -0.366 e. The Hall–Kier alpha value is -1.29. The lowest BCUT2D eigenvalue weighted by molar-refractivity contribution is 0.169. The lowest BCUT2D eigenvalue weighted by atomic mass is 10.1. The number of hydrogen-bond donors (Lipinski definition) is 1. The van der Waals surface area contributed by atoms with Gasteiger partial charge >= 0.3 is 0 Å². The summed E-state index contributed by atoms with van der Waals surface area (Å²) >= 11 is 1.70. The summed E-state index contributed by atoms with van der Waals surface area (Å²) in [4.78, 5) is 1.21. The highest BCUT2D eigenvalue weighted by Crippen LogP contribution is 2.20. The van der Waals surface area contributed by atoms with E-state index < -0.39 is 0 Å². The van der Waals surface area contributed by atoms with E-state index in [1.807, 2.05) is 25.1 Å². The Morgan fingerprint density at radius 1 is 1.05 bits per heavy atom. The predicted octanol–water partition coefficient (Wildman–Crippen LogP) is 3.97. The molecule has 0 aliphatic heterocycles. The van der Waals surface area contributed by atoms with Gasteiger partial charge in [-0.1, -0.05) is 54.2 Å². The Bertz CT molecular complexity index is 482. The molecule has 2 aromatic carbocycles. The Labute approximate surface area is 119 Å². The van der Waals surface area contributed by atoms with Gasteiger partial charge < -0.3 is 10.5 Å². The monoisotopic (exact) mass is 273 g/mol. The average molecular weight is 273 g/mol. The van der Waals surface area contributed by atoms with Crippen LogP contribution in [0.25, 0.3) is 0 Å². The molecule has 0 aliphatic rings. The van der Waals surface area contributed by atoms with Gasteiger partial charge in [-0.25, -0.2) is 0 Å². The summed E-state index contributed by atoms with van der Waals surface area (Å²) in [5.74, 6) is 0.659. The van der Waals surface area contributed by atoms with E-state index >= 15 is 0 Å².